The van der Waals surface area contributed by atoms with Crippen LogP contribution in [0.4, 0.5) is 9.18 Å². The molecule has 1 aromatic carbocycles. The molecule has 1 saturated heterocycles. The number of cyclic esters (lactones) is 1. The van der Waals surface area contributed by atoms with Crippen molar-refractivity contribution in [1.82, 2.24) is 4.90 Å². The number of ether oxygens (including phenoxy) is 3. The molecule has 0 spiro atoms. The molecule has 7 heteroatoms. The summed E-state index contributed by atoms with van der Waals surface area (Å²) in [7, 11) is 2.57. The molecular weight excluding hydrogens is 269 g/mol. The fraction of sp³-hybridized carbons (Fsp3) is 0.385. The van der Waals surface area contributed by atoms with E-state index in [1.165, 1.54) is 25.2 Å². The fourth-order valence-electron chi connectivity index (χ4n) is 1.95. The highest BCUT2D eigenvalue weighted by Gasteiger charge is 2.24. The van der Waals surface area contributed by atoms with Gasteiger partial charge in [-0.25, -0.2) is 14.0 Å². The topological polar surface area (TPSA) is 65.1 Å². The molecule has 1 aliphatic heterocycles. The molecule has 0 saturated carbocycles. The van der Waals surface area contributed by atoms with E-state index in [0.29, 0.717) is 24.5 Å². The largest absolute Gasteiger partial charge is 0.496 e. The molecule has 1 amide bonds. The lowest BCUT2D eigenvalue weighted by atomic mass is 10.1. The van der Waals surface area contributed by atoms with Gasteiger partial charge in [0, 0.05) is 5.56 Å². The first-order valence-electron chi connectivity index (χ1n) is 5.93. The number of halogens is 1. The standard InChI is InChI=1S/C13H14FNO5/c1-18-11-6-9(12(16)19-2)10(14)5-8(11)7-15-3-4-20-13(15)17/h5-6H,3-4,7H2,1-2H3. The number of hydrogen-bond donors (Lipinski definition) is 0. The van der Waals surface area contributed by atoms with Crippen molar-refractivity contribution in [2.45, 2.75) is 6.54 Å². The van der Waals surface area contributed by atoms with Crippen LogP contribution in [0.15, 0.2) is 12.1 Å². The number of hydrogen-bond acceptors (Lipinski definition) is 5. The summed E-state index contributed by atoms with van der Waals surface area (Å²) in [6, 6.07) is 2.43. The Bertz CT molecular complexity index is 546. The number of carbonyl (C=O) groups is 2. The monoisotopic (exact) mass is 283 g/mol. The smallest absolute Gasteiger partial charge is 0.410 e. The van der Waals surface area contributed by atoms with E-state index in [1.54, 1.807) is 0 Å². The second-order valence-corrected chi connectivity index (χ2v) is 4.17. The van der Waals surface area contributed by atoms with E-state index in [9.17, 15) is 14.0 Å². The van der Waals surface area contributed by atoms with Gasteiger partial charge in [-0.3, -0.25) is 0 Å². The molecule has 0 aromatic heterocycles. The number of nitrogens with zero attached hydrogens (tertiary/aromatic N) is 1. The second-order valence-electron chi connectivity index (χ2n) is 4.17. The Morgan fingerprint density at radius 3 is 2.75 bits per heavy atom. The molecule has 1 aromatic rings. The summed E-state index contributed by atoms with van der Waals surface area (Å²) in [5.41, 5.74) is 0.244. The maximum absolute atomic E-state index is 13.9. The van der Waals surface area contributed by atoms with Gasteiger partial charge in [-0.15, -0.1) is 0 Å². The minimum absolute atomic E-state index is 0.153. The van der Waals surface area contributed by atoms with Gasteiger partial charge < -0.3 is 19.1 Å². The lowest BCUT2D eigenvalue weighted by Crippen LogP contribution is -2.24. The number of esters is 1. The molecule has 1 fully saturated rings. The second kappa shape index (κ2) is 5.77. The third-order valence-electron chi connectivity index (χ3n) is 2.98. The number of rotatable bonds is 4. The van der Waals surface area contributed by atoms with E-state index in [0.717, 1.165) is 6.07 Å². The normalized spacial score (nSPS) is 14.2. The maximum atomic E-state index is 13.9. The predicted molar refractivity (Wildman–Crippen MR) is 66.0 cm³/mol. The number of methoxy groups -OCH3 is 2. The van der Waals surface area contributed by atoms with Crippen LogP contribution in [0.2, 0.25) is 0 Å². The molecule has 0 unspecified atom stereocenters. The zero-order chi connectivity index (χ0) is 14.7. The van der Waals surface area contributed by atoms with Gasteiger partial charge in [0.1, 0.15) is 18.2 Å². The zero-order valence-corrected chi connectivity index (χ0v) is 11.1. The van der Waals surface area contributed by atoms with Gasteiger partial charge in [0.15, 0.2) is 0 Å². The van der Waals surface area contributed by atoms with Crippen LogP contribution in [0, 0.1) is 5.82 Å². The minimum Gasteiger partial charge on any atom is -0.496 e. The maximum Gasteiger partial charge on any atom is 0.410 e. The van der Waals surface area contributed by atoms with Crippen molar-refractivity contribution >= 4 is 12.1 Å². The van der Waals surface area contributed by atoms with Crippen LogP contribution in [-0.4, -0.2) is 44.3 Å². The SMILES string of the molecule is COC(=O)c1cc(OC)c(CN2CCOC2=O)cc1F. The third-order valence-corrected chi connectivity index (χ3v) is 2.98. The molecule has 0 atom stereocenters. The molecule has 6 nitrogen and oxygen atoms in total. The van der Waals surface area contributed by atoms with Gasteiger partial charge in [-0.05, 0) is 12.1 Å². The molecule has 20 heavy (non-hydrogen) atoms. The van der Waals surface area contributed by atoms with E-state index in [2.05, 4.69) is 4.74 Å². The molecule has 108 valence electrons. The molecule has 0 aliphatic carbocycles. The van der Waals surface area contributed by atoms with Crippen molar-refractivity contribution < 1.29 is 28.2 Å². The summed E-state index contributed by atoms with van der Waals surface area (Å²) in [5.74, 6) is -1.19. The van der Waals surface area contributed by atoms with Gasteiger partial charge in [0.2, 0.25) is 0 Å². The van der Waals surface area contributed by atoms with Crippen molar-refractivity contribution in [3.8, 4) is 5.75 Å². The first kappa shape index (κ1) is 14.1. The van der Waals surface area contributed by atoms with Crippen molar-refractivity contribution in [2.24, 2.45) is 0 Å². The van der Waals surface area contributed by atoms with Gasteiger partial charge in [-0.1, -0.05) is 0 Å². The van der Waals surface area contributed by atoms with Crippen LogP contribution < -0.4 is 4.74 Å². The van der Waals surface area contributed by atoms with E-state index in [4.69, 9.17) is 9.47 Å². The minimum atomic E-state index is -0.784. The molecule has 0 N–H and O–H groups in total. The van der Waals surface area contributed by atoms with Gasteiger partial charge in [-0.2, -0.15) is 0 Å². The molecular formula is C13H14FNO5. The number of amides is 1. The molecule has 1 aliphatic rings. The predicted octanol–water partition coefficient (Wildman–Crippen LogP) is 1.57. The average Bonchev–Trinajstić information content (AvgIpc) is 2.84. The fourth-order valence-corrected chi connectivity index (χ4v) is 1.95. The Hall–Kier alpha value is -2.31. The van der Waals surface area contributed by atoms with Gasteiger partial charge in [0.05, 0.1) is 32.9 Å². The van der Waals surface area contributed by atoms with Crippen molar-refractivity contribution in [3.05, 3.63) is 29.1 Å². The van der Waals surface area contributed by atoms with Crippen LogP contribution in [0.1, 0.15) is 15.9 Å². The number of benzene rings is 1. The lowest BCUT2D eigenvalue weighted by molar-refractivity contribution is 0.0595. The van der Waals surface area contributed by atoms with Crippen LogP contribution in [-0.2, 0) is 16.0 Å². The summed E-state index contributed by atoms with van der Waals surface area (Å²) in [6.45, 7) is 0.895. The van der Waals surface area contributed by atoms with Crippen LogP contribution in [0.3, 0.4) is 0 Å². The molecule has 2 rings (SSSR count). The summed E-state index contributed by atoms with van der Waals surface area (Å²) < 4.78 is 28.3. The van der Waals surface area contributed by atoms with E-state index in [-0.39, 0.29) is 12.1 Å². The highest BCUT2D eigenvalue weighted by Crippen LogP contribution is 2.25. The lowest BCUT2D eigenvalue weighted by Gasteiger charge is -2.16. The van der Waals surface area contributed by atoms with E-state index >= 15 is 0 Å². The first-order chi connectivity index (χ1) is 9.56. The Kier molecular flexibility index (Phi) is 4.07. The Morgan fingerprint density at radius 1 is 1.45 bits per heavy atom. The highest BCUT2D eigenvalue weighted by atomic mass is 19.1. The number of carbonyl (C=O) groups excluding carboxylic acids is 2. The van der Waals surface area contributed by atoms with E-state index in [1.807, 2.05) is 0 Å². The Labute approximate surface area is 115 Å². The van der Waals surface area contributed by atoms with Crippen molar-refractivity contribution in [3.63, 3.8) is 0 Å². The van der Waals surface area contributed by atoms with Crippen molar-refractivity contribution in [2.75, 3.05) is 27.4 Å². The Morgan fingerprint density at radius 2 is 2.20 bits per heavy atom. The Balaban J connectivity index is 2.31. The van der Waals surface area contributed by atoms with Crippen LogP contribution in [0.5, 0.6) is 5.75 Å². The third kappa shape index (κ3) is 2.66. The quantitative estimate of drug-likeness (QED) is 0.785. The van der Waals surface area contributed by atoms with Crippen LogP contribution in [0.25, 0.3) is 0 Å². The first-order valence-corrected chi connectivity index (χ1v) is 5.93. The summed E-state index contributed by atoms with van der Waals surface area (Å²) in [5, 5.41) is 0. The molecule has 0 radical (unpaired) electrons. The molecule has 0 bridgehead atoms. The molecule has 1 heterocycles. The van der Waals surface area contributed by atoms with Gasteiger partial charge in [0.25, 0.3) is 0 Å². The van der Waals surface area contributed by atoms with E-state index < -0.39 is 17.9 Å². The highest BCUT2D eigenvalue weighted by molar-refractivity contribution is 5.90. The van der Waals surface area contributed by atoms with Gasteiger partial charge >= 0.3 is 12.1 Å². The van der Waals surface area contributed by atoms with Crippen LogP contribution >= 0.6 is 0 Å². The van der Waals surface area contributed by atoms with Crippen molar-refractivity contribution in [1.29, 1.82) is 0 Å². The summed E-state index contributed by atoms with van der Waals surface area (Å²) >= 11 is 0. The zero-order valence-electron chi connectivity index (χ0n) is 11.1. The average molecular weight is 283 g/mol. The summed E-state index contributed by atoms with van der Waals surface area (Å²) in [6.07, 6.45) is -0.454. The summed E-state index contributed by atoms with van der Waals surface area (Å²) in [4.78, 5) is 24.2.